The number of aromatic nitrogens is 1. The van der Waals surface area contributed by atoms with Crippen LogP contribution in [0.2, 0.25) is 0 Å². The van der Waals surface area contributed by atoms with Gasteiger partial charge < -0.3 is 0 Å². The maximum Gasteiger partial charge on any atom is 0.0702 e. The molecular weight excluding hydrogens is 273 g/mol. The van der Waals surface area contributed by atoms with Crippen molar-refractivity contribution in [2.45, 2.75) is 13.3 Å². The van der Waals surface area contributed by atoms with Crippen molar-refractivity contribution in [2.75, 3.05) is 0 Å². The lowest BCUT2D eigenvalue weighted by atomic mass is 10.1. The van der Waals surface area contributed by atoms with Crippen molar-refractivity contribution in [3.05, 3.63) is 39.6 Å². The van der Waals surface area contributed by atoms with E-state index in [4.69, 9.17) is 0 Å². The van der Waals surface area contributed by atoms with Crippen LogP contribution < -0.4 is 0 Å². The Labute approximate surface area is 91.3 Å². The first-order valence-electron chi connectivity index (χ1n) is 4.34. The molecule has 0 spiro atoms. The molecule has 0 saturated heterocycles. The second kappa shape index (κ2) is 3.62. The smallest absolute Gasteiger partial charge is 0.0702 e. The van der Waals surface area contributed by atoms with Gasteiger partial charge >= 0.3 is 0 Å². The van der Waals surface area contributed by atoms with Gasteiger partial charge in [-0.25, -0.2) is 0 Å². The average molecular weight is 283 g/mol. The fourth-order valence-corrected chi connectivity index (χ4v) is 1.85. The van der Waals surface area contributed by atoms with Crippen molar-refractivity contribution in [1.29, 1.82) is 0 Å². The van der Waals surface area contributed by atoms with Gasteiger partial charge in [-0.15, -0.1) is 0 Å². The molecule has 1 nitrogen and oxygen atoms in total. The Balaban J connectivity index is 2.68. The van der Waals surface area contributed by atoms with Crippen molar-refractivity contribution < 1.29 is 0 Å². The van der Waals surface area contributed by atoms with Crippen molar-refractivity contribution in [2.24, 2.45) is 0 Å². The van der Waals surface area contributed by atoms with Gasteiger partial charge in [0.15, 0.2) is 0 Å². The molecule has 2 rings (SSSR count). The fraction of sp³-hybridized carbons (Fsp3) is 0.182. The van der Waals surface area contributed by atoms with E-state index in [0.29, 0.717) is 0 Å². The molecule has 0 radical (unpaired) electrons. The SMILES string of the molecule is CCc1ccc2ncc(I)cc2c1. The quantitative estimate of drug-likeness (QED) is 0.731. The first-order chi connectivity index (χ1) is 6.29. The molecule has 2 aromatic rings. The summed E-state index contributed by atoms with van der Waals surface area (Å²) in [6.45, 7) is 2.17. The fourth-order valence-electron chi connectivity index (χ4n) is 1.37. The van der Waals surface area contributed by atoms with E-state index in [0.717, 1.165) is 11.9 Å². The molecular formula is C11H10IN. The minimum Gasteiger partial charge on any atom is -0.255 e. The second-order valence-corrected chi connectivity index (χ2v) is 4.28. The van der Waals surface area contributed by atoms with Crippen LogP contribution >= 0.6 is 22.6 Å². The number of benzene rings is 1. The third-order valence-corrected chi connectivity index (χ3v) is 2.71. The number of hydrogen-bond acceptors (Lipinski definition) is 1. The molecule has 0 aliphatic heterocycles. The molecule has 13 heavy (non-hydrogen) atoms. The summed E-state index contributed by atoms with van der Waals surface area (Å²) >= 11 is 2.29. The molecule has 0 N–H and O–H groups in total. The number of halogens is 1. The lowest BCUT2D eigenvalue weighted by Crippen LogP contribution is -1.84. The van der Waals surface area contributed by atoms with E-state index in [9.17, 15) is 0 Å². The zero-order valence-electron chi connectivity index (χ0n) is 7.42. The van der Waals surface area contributed by atoms with Crippen LogP contribution in [0.1, 0.15) is 12.5 Å². The monoisotopic (exact) mass is 283 g/mol. The summed E-state index contributed by atoms with van der Waals surface area (Å²) < 4.78 is 1.19. The summed E-state index contributed by atoms with van der Waals surface area (Å²) in [4.78, 5) is 4.35. The lowest BCUT2D eigenvalue weighted by Gasteiger charge is -2.00. The largest absolute Gasteiger partial charge is 0.255 e. The topological polar surface area (TPSA) is 12.9 Å². The third kappa shape index (κ3) is 1.82. The third-order valence-electron chi connectivity index (χ3n) is 2.12. The van der Waals surface area contributed by atoms with Crippen molar-refractivity contribution >= 4 is 33.5 Å². The Kier molecular flexibility index (Phi) is 2.49. The van der Waals surface area contributed by atoms with Crippen LogP contribution in [0.4, 0.5) is 0 Å². The van der Waals surface area contributed by atoms with Crippen LogP contribution in [0.3, 0.4) is 0 Å². The van der Waals surface area contributed by atoms with Crippen molar-refractivity contribution in [1.82, 2.24) is 4.98 Å². The van der Waals surface area contributed by atoms with Crippen LogP contribution in [0.5, 0.6) is 0 Å². The Morgan fingerprint density at radius 1 is 1.31 bits per heavy atom. The summed E-state index contributed by atoms with van der Waals surface area (Å²) in [5, 5.41) is 1.24. The summed E-state index contributed by atoms with van der Waals surface area (Å²) in [5.74, 6) is 0. The Morgan fingerprint density at radius 2 is 2.15 bits per heavy atom. The highest BCUT2D eigenvalue weighted by Gasteiger charge is 1.96. The van der Waals surface area contributed by atoms with E-state index < -0.39 is 0 Å². The molecule has 1 aromatic heterocycles. The van der Waals surface area contributed by atoms with Gasteiger partial charge in [0.2, 0.25) is 0 Å². The molecule has 1 heterocycles. The predicted molar refractivity (Wildman–Crippen MR) is 63.8 cm³/mol. The van der Waals surface area contributed by atoms with Gasteiger partial charge in [-0.3, -0.25) is 4.98 Å². The number of nitrogens with zero attached hydrogens (tertiary/aromatic N) is 1. The summed E-state index contributed by atoms with van der Waals surface area (Å²) in [6, 6.07) is 8.61. The predicted octanol–water partition coefficient (Wildman–Crippen LogP) is 3.40. The molecule has 66 valence electrons. The van der Waals surface area contributed by atoms with Gasteiger partial charge in [0, 0.05) is 15.2 Å². The summed E-state index contributed by atoms with van der Waals surface area (Å²) in [6.07, 6.45) is 2.98. The van der Waals surface area contributed by atoms with Crippen LogP contribution in [0.25, 0.3) is 10.9 Å². The van der Waals surface area contributed by atoms with E-state index in [2.05, 4.69) is 58.8 Å². The molecule has 2 heteroatoms. The minimum atomic E-state index is 1.08. The molecule has 0 unspecified atom stereocenters. The maximum absolute atomic E-state index is 4.35. The first-order valence-corrected chi connectivity index (χ1v) is 5.41. The normalized spacial score (nSPS) is 10.6. The van der Waals surface area contributed by atoms with Crippen LogP contribution in [0, 0.1) is 3.57 Å². The van der Waals surface area contributed by atoms with Crippen LogP contribution in [0.15, 0.2) is 30.5 Å². The zero-order chi connectivity index (χ0) is 9.26. The zero-order valence-corrected chi connectivity index (χ0v) is 9.58. The van der Waals surface area contributed by atoms with E-state index in [1.807, 2.05) is 6.20 Å². The van der Waals surface area contributed by atoms with E-state index in [1.54, 1.807) is 0 Å². The summed E-state index contributed by atoms with van der Waals surface area (Å²) in [7, 11) is 0. The number of aryl methyl sites for hydroxylation is 1. The molecule has 0 fully saturated rings. The van der Waals surface area contributed by atoms with Crippen LogP contribution in [-0.2, 0) is 6.42 Å². The lowest BCUT2D eigenvalue weighted by molar-refractivity contribution is 1.14. The van der Waals surface area contributed by atoms with Gasteiger partial charge in [0.25, 0.3) is 0 Å². The van der Waals surface area contributed by atoms with Gasteiger partial charge in [0.05, 0.1) is 5.52 Å². The highest BCUT2D eigenvalue weighted by Crippen LogP contribution is 2.16. The Hall–Kier alpha value is -0.640. The Bertz CT molecular complexity index is 437. The van der Waals surface area contributed by atoms with Crippen molar-refractivity contribution in [3.63, 3.8) is 0 Å². The van der Waals surface area contributed by atoms with E-state index >= 15 is 0 Å². The average Bonchev–Trinajstić information content (AvgIpc) is 2.16. The highest BCUT2D eigenvalue weighted by molar-refractivity contribution is 14.1. The summed E-state index contributed by atoms with van der Waals surface area (Å²) in [5.41, 5.74) is 2.45. The number of rotatable bonds is 1. The molecule has 1 aromatic carbocycles. The van der Waals surface area contributed by atoms with Gasteiger partial charge in [0.1, 0.15) is 0 Å². The molecule has 0 saturated carbocycles. The number of hydrogen-bond donors (Lipinski definition) is 0. The van der Waals surface area contributed by atoms with Crippen molar-refractivity contribution in [3.8, 4) is 0 Å². The van der Waals surface area contributed by atoms with Crippen LogP contribution in [-0.4, -0.2) is 4.98 Å². The molecule has 0 bridgehead atoms. The highest BCUT2D eigenvalue weighted by atomic mass is 127. The van der Waals surface area contributed by atoms with E-state index in [-0.39, 0.29) is 0 Å². The van der Waals surface area contributed by atoms with Gasteiger partial charge in [-0.1, -0.05) is 13.0 Å². The standard InChI is InChI=1S/C11H10IN/c1-2-8-3-4-11-9(5-8)6-10(12)7-13-11/h3-7H,2H2,1H3. The maximum atomic E-state index is 4.35. The minimum absolute atomic E-state index is 1.08. The molecule has 0 amide bonds. The Morgan fingerprint density at radius 3 is 2.92 bits per heavy atom. The van der Waals surface area contributed by atoms with Gasteiger partial charge in [-0.2, -0.15) is 0 Å². The molecule has 0 aliphatic carbocycles. The molecule has 0 aliphatic rings. The molecule has 0 atom stereocenters. The first kappa shape index (κ1) is 8.94. The van der Waals surface area contributed by atoms with E-state index in [1.165, 1.54) is 14.5 Å². The second-order valence-electron chi connectivity index (χ2n) is 3.03. The number of fused-ring (bicyclic) bond motifs is 1. The van der Waals surface area contributed by atoms with Gasteiger partial charge in [-0.05, 0) is 52.8 Å². The number of pyridine rings is 1.